The maximum Gasteiger partial charge on any atom is 0.295 e. The number of carbonyl (C=O) groups excluding carboxylic acids is 1. The van der Waals surface area contributed by atoms with Crippen molar-refractivity contribution in [2.75, 3.05) is 18.4 Å². The SMILES string of the molecule is Cc1c(NC(=O)C2CCN(S(=O)(=O)Cc3cccc(Cl)c3)CC2)c(=O)n(-c2ccccc2)n1C. The number of nitrogens with one attached hydrogen (secondary N) is 1. The maximum atomic E-state index is 13.0. The van der Waals surface area contributed by atoms with Crippen LogP contribution in [0.4, 0.5) is 5.69 Å². The molecule has 8 nitrogen and oxygen atoms in total. The van der Waals surface area contributed by atoms with Crippen LogP contribution in [0.25, 0.3) is 5.69 Å². The molecule has 4 rings (SSSR count). The molecule has 0 saturated carbocycles. The van der Waals surface area contributed by atoms with Crippen LogP contribution in [0.15, 0.2) is 59.4 Å². The van der Waals surface area contributed by atoms with Gasteiger partial charge in [-0.2, -0.15) is 0 Å². The van der Waals surface area contributed by atoms with Gasteiger partial charge in [0.15, 0.2) is 0 Å². The van der Waals surface area contributed by atoms with E-state index in [9.17, 15) is 18.0 Å². The van der Waals surface area contributed by atoms with Crippen LogP contribution in [-0.2, 0) is 27.6 Å². The zero-order valence-electron chi connectivity index (χ0n) is 19.1. The lowest BCUT2D eigenvalue weighted by Crippen LogP contribution is -2.42. The molecule has 1 N–H and O–H groups in total. The van der Waals surface area contributed by atoms with Gasteiger partial charge in [-0.3, -0.25) is 14.3 Å². The number of aromatic nitrogens is 2. The van der Waals surface area contributed by atoms with Crippen LogP contribution >= 0.6 is 11.6 Å². The number of nitrogens with zero attached hydrogens (tertiary/aromatic N) is 3. The molecule has 10 heteroatoms. The Hall–Kier alpha value is -2.88. The van der Waals surface area contributed by atoms with E-state index in [1.807, 2.05) is 30.3 Å². The number of carbonyl (C=O) groups is 1. The first-order chi connectivity index (χ1) is 16.2. The largest absolute Gasteiger partial charge is 0.320 e. The number of piperidine rings is 1. The first kappa shape index (κ1) is 24.3. The topological polar surface area (TPSA) is 93.4 Å². The van der Waals surface area contributed by atoms with Gasteiger partial charge < -0.3 is 5.32 Å². The Morgan fingerprint density at radius 1 is 1.09 bits per heavy atom. The Bertz CT molecular complexity index is 1360. The van der Waals surface area contributed by atoms with Gasteiger partial charge in [0.05, 0.1) is 17.1 Å². The van der Waals surface area contributed by atoms with Crippen LogP contribution in [-0.4, -0.2) is 41.1 Å². The molecule has 0 radical (unpaired) electrons. The third-order valence-electron chi connectivity index (χ3n) is 6.26. The summed E-state index contributed by atoms with van der Waals surface area (Å²) in [4.78, 5) is 26.0. The number of rotatable bonds is 6. The number of benzene rings is 2. The molecular formula is C24H27ClN4O4S. The molecule has 1 amide bonds. The summed E-state index contributed by atoms with van der Waals surface area (Å²) in [5.41, 5.74) is 1.91. The standard InChI is InChI=1S/C24H27ClN4O4S/c1-17-22(24(31)29(27(17)2)21-9-4-3-5-10-21)26-23(30)19-11-13-28(14-12-19)34(32,33)16-18-7-6-8-20(25)15-18/h3-10,15,19H,11-14,16H2,1-2H3,(H,26,30). The van der Waals surface area contributed by atoms with Gasteiger partial charge >= 0.3 is 0 Å². The van der Waals surface area contributed by atoms with Crippen molar-refractivity contribution in [3.8, 4) is 5.69 Å². The molecule has 0 bridgehead atoms. The number of amides is 1. The molecule has 0 atom stereocenters. The molecule has 2 heterocycles. The molecule has 180 valence electrons. The summed E-state index contributed by atoms with van der Waals surface area (Å²) in [5.74, 6) is -0.771. The molecule has 1 aromatic heterocycles. The second-order valence-corrected chi connectivity index (χ2v) is 10.9. The molecule has 2 aromatic carbocycles. The normalized spacial score (nSPS) is 15.4. The predicted molar refractivity (Wildman–Crippen MR) is 133 cm³/mol. The zero-order valence-corrected chi connectivity index (χ0v) is 20.6. The first-order valence-electron chi connectivity index (χ1n) is 11.0. The van der Waals surface area contributed by atoms with Crippen LogP contribution < -0.4 is 10.9 Å². The smallest absolute Gasteiger partial charge is 0.295 e. The quantitative estimate of drug-likeness (QED) is 0.559. The van der Waals surface area contributed by atoms with Gasteiger partial charge in [-0.25, -0.2) is 17.4 Å². The van der Waals surface area contributed by atoms with Crippen LogP contribution in [0.3, 0.4) is 0 Å². The van der Waals surface area contributed by atoms with Crippen molar-refractivity contribution >= 4 is 33.2 Å². The monoisotopic (exact) mass is 502 g/mol. The molecule has 1 aliphatic rings. The van der Waals surface area contributed by atoms with E-state index in [0.29, 0.717) is 34.8 Å². The minimum Gasteiger partial charge on any atom is -0.320 e. The third kappa shape index (κ3) is 4.96. The molecule has 1 aliphatic heterocycles. The fourth-order valence-corrected chi connectivity index (χ4v) is 6.03. The van der Waals surface area contributed by atoms with Crippen LogP contribution in [0.2, 0.25) is 5.02 Å². The molecule has 0 aliphatic carbocycles. The summed E-state index contributed by atoms with van der Waals surface area (Å²) in [6, 6.07) is 16.0. The Balaban J connectivity index is 1.42. The van der Waals surface area contributed by atoms with Gasteiger partial charge in [-0.05, 0) is 49.6 Å². The molecule has 1 saturated heterocycles. The second-order valence-electron chi connectivity index (χ2n) is 8.49. The molecular weight excluding hydrogens is 476 g/mol. The van der Waals surface area contributed by atoms with Gasteiger partial charge in [0, 0.05) is 31.1 Å². The highest BCUT2D eigenvalue weighted by Crippen LogP contribution is 2.24. The average Bonchev–Trinajstić information content (AvgIpc) is 3.02. The van der Waals surface area contributed by atoms with E-state index in [-0.39, 0.29) is 41.9 Å². The predicted octanol–water partition coefficient (Wildman–Crippen LogP) is 3.32. The van der Waals surface area contributed by atoms with Crippen LogP contribution in [0, 0.1) is 12.8 Å². The minimum absolute atomic E-state index is 0.132. The van der Waals surface area contributed by atoms with E-state index in [0.717, 1.165) is 0 Å². The first-order valence-corrected chi connectivity index (χ1v) is 13.0. The van der Waals surface area contributed by atoms with E-state index in [1.54, 1.807) is 42.9 Å². The molecule has 34 heavy (non-hydrogen) atoms. The highest BCUT2D eigenvalue weighted by atomic mass is 35.5. The maximum absolute atomic E-state index is 13.0. The lowest BCUT2D eigenvalue weighted by atomic mass is 9.97. The lowest BCUT2D eigenvalue weighted by Gasteiger charge is -2.30. The van der Waals surface area contributed by atoms with Crippen molar-refractivity contribution < 1.29 is 13.2 Å². The molecule has 0 spiro atoms. The molecule has 1 fully saturated rings. The van der Waals surface area contributed by atoms with E-state index >= 15 is 0 Å². The Labute approximate surface area is 203 Å². The summed E-state index contributed by atoms with van der Waals surface area (Å²) in [7, 11) is -1.75. The Morgan fingerprint density at radius 3 is 2.41 bits per heavy atom. The van der Waals surface area contributed by atoms with Crippen molar-refractivity contribution in [3.05, 3.63) is 81.2 Å². The van der Waals surface area contributed by atoms with Gasteiger partial charge in [0.2, 0.25) is 15.9 Å². The zero-order chi connectivity index (χ0) is 24.5. The summed E-state index contributed by atoms with van der Waals surface area (Å²) in [6.45, 7) is 2.29. The lowest BCUT2D eigenvalue weighted by molar-refractivity contribution is -0.120. The fourth-order valence-electron chi connectivity index (χ4n) is 4.26. The second kappa shape index (κ2) is 9.77. The summed E-state index contributed by atoms with van der Waals surface area (Å²) in [6.07, 6.45) is 0.777. The fraction of sp³-hybridized carbons (Fsp3) is 0.333. The van der Waals surface area contributed by atoms with Crippen molar-refractivity contribution in [2.24, 2.45) is 13.0 Å². The number of hydrogen-bond donors (Lipinski definition) is 1. The Morgan fingerprint density at radius 2 is 1.76 bits per heavy atom. The van der Waals surface area contributed by atoms with E-state index in [2.05, 4.69) is 5.32 Å². The molecule has 3 aromatic rings. The van der Waals surface area contributed by atoms with E-state index in [1.165, 1.54) is 8.99 Å². The van der Waals surface area contributed by atoms with Gasteiger partial charge in [0.1, 0.15) is 5.69 Å². The van der Waals surface area contributed by atoms with Crippen LogP contribution in [0.1, 0.15) is 24.1 Å². The number of halogens is 1. The number of anilines is 1. The highest BCUT2D eigenvalue weighted by Gasteiger charge is 2.32. The van der Waals surface area contributed by atoms with Crippen molar-refractivity contribution in [1.29, 1.82) is 0 Å². The summed E-state index contributed by atoms with van der Waals surface area (Å²) in [5, 5.41) is 3.29. The Kier molecular flexibility index (Phi) is 6.97. The number of para-hydroxylation sites is 1. The number of hydrogen-bond acceptors (Lipinski definition) is 4. The summed E-state index contributed by atoms with van der Waals surface area (Å²) >= 11 is 5.97. The van der Waals surface area contributed by atoms with Gasteiger partial charge in [-0.1, -0.05) is 41.9 Å². The van der Waals surface area contributed by atoms with E-state index in [4.69, 9.17) is 11.6 Å². The summed E-state index contributed by atoms with van der Waals surface area (Å²) < 4.78 is 30.3. The minimum atomic E-state index is -3.52. The average molecular weight is 503 g/mol. The van der Waals surface area contributed by atoms with Gasteiger partial charge in [0.25, 0.3) is 5.56 Å². The number of sulfonamides is 1. The van der Waals surface area contributed by atoms with Gasteiger partial charge in [-0.15, -0.1) is 0 Å². The third-order valence-corrected chi connectivity index (χ3v) is 8.34. The van der Waals surface area contributed by atoms with Crippen molar-refractivity contribution in [3.63, 3.8) is 0 Å². The van der Waals surface area contributed by atoms with Crippen molar-refractivity contribution in [1.82, 2.24) is 13.7 Å². The highest BCUT2D eigenvalue weighted by molar-refractivity contribution is 7.88. The van der Waals surface area contributed by atoms with E-state index < -0.39 is 10.0 Å². The van der Waals surface area contributed by atoms with Crippen molar-refractivity contribution in [2.45, 2.75) is 25.5 Å². The molecule has 0 unspecified atom stereocenters. The van der Waals surface area contributed by atoms with Crippen LogP contribution in [0.5, 0.6) is 0 Å².